The van der Waals surface area contributed by atoms with E-state index in [2.05, 4.69) is 58.7 Å². The second-order valence-electron chi connectivity index (χ2n) is 14.6. The van der Waals surface area contributed by atoms with Gasteiger partial charge in [-0.15, -0.1) is 0 Å². The van der Waals surface area contributed by atoms with Crippen LogP contribution >= 0.6 is 8.53 Å². The van der Waals surface area contributed by atoms with Crippen LogP contribution in [0.2, 0.25) is 0 Å². The summed E-state index contributed by atoms with van der Waals surface area (Å²) < 4.78 is 48.8. The van der Waals surface area contributed by atoms with Gasteiger partial charge in [0.05, 0.1) is 46.3 Å². The molecule has 3 heterocycles. The molecule has 2 N–H and O–H groups in total. The van der Waals surface area contributed by atoms with Gasteiger partial charge in [-0.2, -0.15) is 10.2 Å². The van der Waals surface area contributed by atoms with Gasteiger partial charge in [0.15, 0.2) is 17.4 Å². The minimum absolute atomic E-state index is 0.00333. The van der Waals surface area contributed by atoms with Crippen LogP contribution in [0.3, 0.4) is 0 Å². The number of benzene rings is 3. The van der Waals surface area contributed by atoms with Gasteiger partial charge in [-0.25, -0.2) is 9.65 Å². The maximum Gasteiger partial charge on any atom is 0.280 e. The zero-order valence-corrected chi connectivity index (χ0v) is 35.9. The third-order valence-electron chi connectivity index (χ3n) is 10.1. The molecule has 0 radical (unpaired) electrons. The van der Waals surface area contributed by atoms with Crippen molar-refractivity contribution in [3.63, 3.8) is 0 Å². The van der Waals surface area contributed by atoms with E-state index in [0.29, 0.717) is 11.5 Å². The number of fused-ring (bicyclic) bond motifs is 1. The van der Waals surface area contributed by atoms with Gasteiger partial charge in [0.25, 0.3) is 14.1 Å². The highest BCUT2D eigenvalue weighted by Crippen LogP contribution is 2.51. The molecule has 5 atom stereocenters. The lowest BCUT2D eigenvalue weighted by molar-refractivity contribution is -0.114. The van der Waals surface area contributed by atoms with Crippen LogP contribution in [0.15, 0.2) is 90.0 Å². The molecule has 3 aromatic carbocycles. The van der Waals surface area contributed by atoms with E-state index in [4.69, 9.17) is 32.7 Å². The molecule has 60 heavy (non-hydrogen) atoms. The number of methoxy groups -OCH3 is 3. The van der Waals surface area contributed by atoms with Crippen molar-refractivity contribution >= 4 is 31.5 Å². The van der Waals surface area contributed by atoms with Crippen molar-refractivity contribution in [2.75, 3.05) is 39.9 Å². The van der Waals surface area contributed by atoms with Crippen LogP contribution in [-0.2, 0) is 33.7 Å². The summed E-state index contributed by atoms with van der Waals surface area (Å²) in [6.45, 7) is 9.64. The molecule has 1 saturated heterocycles. The number of aromatic nitrogens is 4. The fourth-order valence-corrected chi connectivity index (χ4v) is 9.23. The van der Waals surface area contributed by atoms with Crippen molar-refractivity contribution in [3.8, 4) is 17.6 Å². The van der Waals surface area contributed by atoms with Crippen LogP contribution in [0.5, 0.6) is 11.5 Å². The van der Waals surface area contributed by atoms with Gasteiger partial charge in [0, 0.05) is 26.1 Å². The molecule has 1 fully saturated rings. The van der Waals surface area contributed by atoms with E-state index in [0.717, 1.165) is 16.7 Å². The van der Waals surface area contributed by atoms with Crippen LogP contribution in [-0.4, -0.2) is 95.0 Å². The summed E-state index contributed by atoms with van der Waals surface area (Å²) in [5.41, 5.74) is 0.924. The van der Waals surface area contributed by atoms with E-state index in [-0.39, 0.29) is 48.8 Å². The second kappa shape index (κ2) is 19.9. The Labute approximate surface area is 350 Å². The number of nitrogens with zero attached hydrogens (tertiary/aromatic N) is 5. The maximum atomic E-state index is 13.2. The first-order chi connectivity index (χ1) is 28.9. The molecular weight excluding hydrogens is 789 g/mol. The first-order valence-corrected chi connectivity index (χ1v) is 20.7. The van der Waals surface area contributed by atoms with E-state index >= 15 is 0 Å². The minimum Gasteiger partial charge on any atom is -0.497 e. The normalized spacial score (nSPS) is 18.6. The lowest BCUT2D eigenvalue weighted by Crippen LogP contribution is -2.42. The number of H-pyrrole nitrogens is 1. The van der Waals surface area contributed by atoms with E-state index in [1.54, 1.807) is 25.9 Å². The third-order valence-corrected chi connectivity index (χ3v) is 12.2. The molecule has 1 aliphatic heterocycles. The highest BCUT2D eigenvalue weighted by Gasteiger charge is 2.51. The maximum absolute atomic E-state index is 13.2. The molecule has 2 aromatic heterocycles. The number of hydrogen-bond acceptors (Lipinski definition) is 13. The van der Waals surface area contributed by atoms with Gasteiger partial charge < -0.3 is 32.7 Å². The second-order valence-corrected chi connectivity index (χ2v) is 16.0. The highest BCUT2D eigenvalue weighted by atomic mass is 31.2. The van der Waals surface area contributed by atoms with Crippen LogP contribution in [0, 0.1) is 11.3 Å². The summed E-state index contributed by atoms with van der Waals surface area (Å²) in [5.74, 6) is 0.897. The number of anilines is 1. The topological polar surface area (TPSA) is 184 Å². The molecule has 0 saturated carbocycles. The fourth-order valence-electron chi connectivity index (χ4n) is 7.46. The van der Waals surface area contributed by atoms with Gasteiger partial charge >= 0.3 is 0 Å². The Hall–Kier alpha value is -5.24. The van der Waals surface area contributed by atoms with Crippen molar-refractivity contribution in [3.05, 3.63) is 112 Å². The van der Waals surface area contributed by atoms with Crippen LogP contribution in [0.25, 0.3) is 11.2 Å². The van der Waals surface area contributed by atoms with Crippen molar-refractivity contribution < 1.29 is 37.5 Å². The van der Waals surface area contributed by atoms with Crippen LogP contribution in [0.4, 0.5) is 5.95 Å². The number of hydrogen-bond donors (Lipinski definition) is 2. The minimum atomic E-state index is -1.80. The zero-order chi connectivity index (χ0) is 43.0. The molecule has 0 bridgehead atoms. The number of carbonyl (C=O) groups is 1. The summed E-state index contributed by atoms with van der Waals surface area (Å²) in [6.07, 6.45) is -1.85. The molecule has 0 spiro atoms. The number of nitrogens with one attached hydrogen (secondary N) is 2. The van der Waals surface area contributed by atoms with Crippen LogP contribution in [0.1, 0.15) is 64.0 Å². The van der Waals surface area contributed by atoms with Crippen molar-refractivity contribution in [1.29, 1.82) is 5.26 Å². The standard InChI is InChI=1S/C43H52N7O9P/c1-27(2)50(28(3)4)60(57-24-12-23-44)59-37-35(58-41(38(37)55-8)49-26-45-36-39(49)47-42(46-29(5)51)48-40(36)52)25-56-43(30-13-10-9-11-14-30,31-15-19-33(53-6)20-16-31)32-17-21-34(54-7)22-18-32/h9-11,13-22,26-28,35,37-38,41H,12,24-25H2,1-8H3,(H2,46,47,48,51,52). The van der Waals surface area contributed by atoms with Gasteiger partial charge in [0.2, 0.25) is 11.9 Å². The number of rotatable bonds is 19. The van der Waals surface area contributed by atoms with E-state index in [1.165, 1.54) is 13.3 Å². The SMILES string of the molecule is COc1ccc(C(OCC2OC(n3cnc4c(=O)[nH]c(NC(C)=O)nc43)C(OC)C2OP(OCCC#N)N(C(C)C)C(C)C)(c2ccccc2)c2ccc(OC)cc2)cc1. The average molecular weight is 842 g/mol. The largest absolute Gasteiger partial charge is 0.497 e. The Balaban J connectivity index is 1.50. The molecule has 0 aliphatic carbocycles. The Morgan fingerprint density at radius 1 is 0.950 bits per heavy atom. The molecule has 17 heteroatoms. The number of carbonyl (C=O) groups excluding carboxylic acids is 1. The van der Waals surface area contributed by atoms with Gasteiger partial charge in [0.1, 0.15) is 35.4 Å². The van der Waals surface area contributed by atoms with E-state index < -0.39 is 50.1 Å². The molecular formula is C43H52N7O9P. The fraction of sp³-hybridized carbons (Fsp3) is 0.419. The number of imidazole rings is 1. The molecule has 5 unspecified atom stereocenters. The number of nitriles is 1. The predicted octanol–water partition coefficient (Wildman–Crippen LogP) is 6.68. The monoisotopic (exact) mass is 841 g/mol. The molecule has 16 nitrogen and oxygen atoms in total. The van der Waals surface area contributed by atoms with Crippen molar-refractivity contribution in [1.82, 2.24) is 24.2 Å². The summed E-state index contributed by atoms with van der Waals surface area (Å²) in [4.78, 5) is 36.6. The zero-order valence-electron chi connectivity index (χ0n) is 35.0. The van der Waals surface area contributed by atoms with Crippen molar-refractivity contribution in [2.45, 2.75) is 83.3 Å². The number of aromatic amines is 1. The van der Waals surface area contributed by atoms with Gasteiger partial charge in [-0.1, -0.05) is 54.6 Å². The Morgan fingerprint density at radius 2 is 1.55 bits per heavy atom. The van der Waals surface area contributed by atoms with Crippen LogP contribution < -0.4 is 20.3 Å². The average Bonchev–Trinajstić information content (AvgIpc) is 3.82. The summed E-state index contributed by atoms with van der Waals surface area (Å²) >= 11 is 0. The molecule has 1 amide bonds. The summed E-state index contributed by atoms with van der Waals surface area (Å²) in [6, 6.07) is 27.5. The Bertz CT molecular complexity index is 2230. The van der Waals surface area contributed by atoms with E-state index in [9.17, 15) is 14.9 Å². The number of ether oxygens (including phenoxy) is 5. The Kier molecular flexibility index (Phi) is 14.7. The first-order valence-electron chi connectivity index (χ1n) is 19.6. The third kappa shape index (κ3) is 9.38. The molecule has 1 aliphatic rings. The molecule has 5 aromatic rings. The smallest absolute Gasteiger partial charge is 0.280 e. The highest BCUT2D eigenvalue weighted by molar-refractivity contribution is 7.44. The van der Waals surface area contributed by atoms with Crippen molar-refractivity contribution in [2.24, 2.45) is 0 Å². The quantitative estimate of drug-likeness (QED) is 0.0511. The summed E-state index contributed by atoms with van der Waals surface area (Å²) in [5, 5.41) is 12.0. The lowest BCUT2D eigenvalue weighted by Gasteiger charge is -2.39. The molecule has 318 valence electrons. The summed E-state index contributed by atoms with van der Waals surface area (Å²) in [7, 11) is 2.99. The Morgan fingerprint density at radius 3 is 2.08 bits per heavy atom. The lowest BCUT2D eigenvalue weighted by atomic mass is 9.80. The molecule has 6 rings (SSSR count). The predicted molar refractivity (Wildman–Crippen MR) is 226 cm³/mol. The van der Waals surface area contributed by atoms with Gasteiger partial charge in [-0.05, 0) is 68.7 Å². The van der Waals surface area contributed by atoms with E-state index in [1.807, 2.05) is 78.9 Å². The van der Waals surface area contributed by atoms with Gasteiger partial charge in [-0.3, -0.25) is 24.5 Å². The number of amides is 1. The first kappa shape index (κ1) is 44.3.